The van der Waals surface area contributed by atoms with Crippen LogP contribution in [0.15, 0.2) is 29.3 Å². The highest BCUT2D eigenvalue weighted by Crippen LogP contribution is 2.39. The molecular weight excluding hydrogens is 338 g/mol. The highest BCUT2D eigenvalue weighted by atomic mass is 79.9. The first-order valence-electron chi connectivity index (χ1n) is 6.21. The summed E-state index contributed by atoms with van der Waals surface area (Å²) in [5.74, 6) is 1.24. The molecule has 21 heavy (non-hydrogen) atoms. The zero-order chi connectivity index (χ0) is 15.6. The van der Waals surface area contributed by atoms with Crippen molar-refractivity contribution in [2.45, 2.75) is 6.04 Å². The zero-order valence-corrected chi connectivity index (χ0v) is 13.4. The molecule has 0 spiro atoms. The summed E-state index contributed by atoms with van der Waals surface area (Å²) in [6, 6.07) is 2.70. The molecule has 0 aromatic heterocycles. The van der Waals surface area contributed by atoms with Crippen molar-refractivity contribution in [2.24, 2.45) is 0 Å². The van der Waals surface area contributed by atoms with Crippen molar-refractivity contribution >= 4 is 27.8 Å². The number of halogens is 1. The Morgan fingerprint density at radius 1 is 1.43 bits per heavy atom. The molecular formula is C14H16BrN3O3. The molecule has 0 aliphatic carbocycles. The topological polar surface area (TPSA) is 74.7 Å². The van der Waals surface area contributed by atoms with E-state index in [0.29, 0.717) is 18.0 Å². The second-order valence-corrected chi connectivity index (χ2v) is 5.27. The van der Waals surface area contributed by atoms with E-state index in [4.69, 9.17) is 14.9 Å². The van der Waals surface area contributed by atoms with E-state index in [0.717, 1.165) is 10.0 Å². The third-order valence-corrected chi connectivity index (χ3v) is 3.90. The molecule has 6 nitrogen and oxygen atoms in total. The second-order valence-electron chi connectivity index (χ2n) is 4.42. The molecule has 0 bridgehead atoms. The van der Waals surface area contributed by atoms with Gasteiger partial charge in [-0.2, -0.15) is 0 Å². The summed E-state index contributed by atoms with van der Waals surface area (Å²) < 4.78 is 11.3. The molecule has 2 N–H and O–H groups in total. The summed E-state index contributed by atoms with van der Waals surface area (Å²) in [6.45, 7) is 3.99. The summed E-state index contributed by atoms with van der Waals surface area (Å²) in [4.78, 5) is 13.4. The number of methoxy groups -OCH3 is 2. The molecule has 1 heterocycles. The summed E-state index contributed by atoms with van der Waals surface area (Å²) in [6.07, 6.45) is 1.62. The van der Waals surface area contributed by atoms with Gasteiger partial charge in [-0.25, -0.2) is 4.79 Å². The Morgan fingerprint density at radius 2 is 2.05 bits per heavy atom. The SMILES string of the molecule is C=CCN1C(=O)NC(=N)C1c1cc(OC)c(OC)cc1Br. The van der Waals surface area contributed by atoms with Crippen molar-refractivity contribution in [3.8, 4) is 11.5 Å². The number of amidine groups is 1. The standard InChI is InChI=1S/C14H16BrN3O3/c1-4-5-18-12(13(16)17-14(18)19)8-6-10(20-2)11(21-3)7-9(8)15/h4,6-7,12H,1,5H2,2-3H3,(H2,16,17,19). The Bertz CT molecular complexity index is 603. The minimum Gasteiger partial charge on any atom is -0.493 e. The normalized spacial score (nSPS) is 17.7. The smallest absolute Gasteiger partial charge is 0.323 e. The highest BCUT2D eigenvalue weighted by Gasteiger charge is 2.37. The van der Waals surface area contributed by atoms with Gasteiger partial charge in [0.05, 0.1) is 14.2 Å². The van der Waals surface area contributed by atoms with Crippen LogP contribution in [0.5, 0.6) is 11.5 Å². The van der Waals surface area contributed by atoms with Gasteiger partial charge >= 0.3 is 6.03 Å². The van der Waals surface area contributed by atoms with Gasteiger partial charge in [0.2, 0.25) is 0 Å². The maximum absolute atomic E-state index is 11.9. The van der Waals surface area contributed by atoms with E-state index in [9.17, 15) is 4.79 Å². The van der Waals surface area contributed by atoms with Gasteiger partial charge in [-0.05, 0) is 12.1 Å². The maximum atomic E-state index is 11.9. The first-order valence-corrected chi connectivity index (χ1v) is 7.01. The largest absolute Gasteiger partial charge is 0.493 e. The summed E-state index contributed by atoms with van der Waals surface area (Å²) in [5, 5.41) is 10.5. The van der Waals surface area contributed by atoms with E-state index in [2.05, 4.69) is 27.8 Å². The van der Waals surface area contributed by atoms with Crippen molar-refractivity contribution in [2.75, 3.05) is 20.8 Å². The number of rotatable bonds is 5. The molecule has 1 fully saturated rings. The van der Waals surface area contributed by atoms with Crippen molar-refractivity contribution in [1.29, 1.82) is 5.41 Å². The monoisotopic (exact) mass is 353 g/mol. The lowest BCUT2D eigenvalue weighted by atomic mass is 10.0. The van der Waals surface area contributed by atoms with E-state index < -0.39 is 6.04 Å². The molecule has 1 aromatic rings. The Kier molecular flexibility index (Phi) is 4.52. The first-order chi connectivity index (χ1) is 10.0. The van der Waals surface area contributed by atoms with Gasteiger partial charge in [0, 0.05) is 16.6 Å². The molecule has 7 heteroatoms. The van der Waals surface area contributed by atoms with Crippen LogP contribution in [0.1, 0.15) is 11.6 Å². The fourth-order valence-electron chi connectivity index (χ4n) is 2.26. The number of benzene rings is 1. The molecule has 1 aliphatic heterocycles. The third kappa shape index (κ3) is 2.73. The minimum atomic E-state index is -0.510. The van der Waals surface area contributed by atoms with Crippen LogP contribution >= 0.6 is 15.9 Å². The molecule has 0 saturated carbocycles. The fraction of sp³-hybridized carbons (Fsp3) is 0.286. The summed E-state index contributed by atoms with van der Waals surface area (Å²) in [5.41, 5.74) is 0.748. The van der Waals surface area contributed by atoms with Crippen LogP contribution in [0.25, 0.3) is 0 Å². The van der Waals surface area contributed by atoms with Crippen LogP contribution in [0, 0.1) is 5.41 Å². The fourth-order valence-corrected chi connectivity index (χ4v) is 2.80. The van der Waals surface area contributed by atoms with Gasteiger partial charge in [0.1, 0.15) is 11.9 Å². The first kappa shape index (κ1) is 15.4. The third-order valence-electron chi connectivity index (χ3n) is 3.21. The van der Waals surface area contributed by atoms with Crippen LogP contribution in [-0.2, 0) is 0 Å². The average Bonchev–Trinajstić information content (AvgIpc) is 2.73. The number of amides is 2. The quantitative estimate of drug-likeness (QED) is 0.799. The van der Waals surface area contributed by atoms with Crippen LogP contribution in [0.4, 0.5) is 4.79 Å². The van der Waals surface area contributed by atoms with Crippen molar-refractivity contribution in [3.05, 3.63) is 34.8 Å². The van der Waals surface area contributed by atoms with Crippen LogP contribution in [0.2, 0.25) is 0 Å². The van der Waals surface area contributed by atoms with Crippen molar-refractivity contribution in [3.63, 3.8) is 0 Å². The average molecular weight is 354 g/mol. The Hall–Kier alpha value is -2.02. The number of nitrogens with zero attached hydrogens (tertiary/aromatic N) is 1. The van der Waals surface area contributed by atoms with Gasteiger partial charge in [-0.1, -0.05) is 22.0 Å². The molecule has 1 unspecified atom stereocenters. The molecule has 2 amide bonds. The predicted molar refractivity (Wildman–Crippen MR) is 83.1 cm³/mol. The number of hydrogen-bond donors (Lipinski definition) is 2. The number of carbonyl (C=O) groups excluding carboxylic acids is 1. The van der Waals surface area contributed by atoms with Gasteiger partial charge in [-0.3, -0.25) is 10.7 Å². The Labute approximate surface area is 131 Å². The molecule has 1 aliphatic rings. The van der Waals surface area contributed by atoms with E-state index in [1.807, 2.05) is 0 Å². The van der Waals surface area contributed by atoms with E-state index in [1.165, 1.54) is 4.90 Å². The summed E-state index contributed by atoms with van der Waals surface area (Å²) >= 11 is 3.46. The van der Waals surface area contributed by atoms with Gasteiger partial charge < -0.3 is 14.4 Å². The zero-order valence-electron chi connectivity index (χ0n) is 11.8. The molecule has 1 atom stereocenters. The van der Waals surface area contributed by atoms with E-state index >= 15 is 0 Å². The van der Waals surface area contributed by atoms with Crippen LogP contribution in [0.3, 0.4) is 0 Å². The molecule has 112 valence electrons. The maximum Gasteiger partial charge on any atom is 0.323 e. The Morgan fingerprint density at radius 3 is 2.62 bits per heavy atom. The highest BCUT2D eigenvalue weighted by molar-refractivity contribution is 9.10. The molecule has 0 radical (unpaired) electrons. The summed E-state index contributed by atoms with van der Waals surface area (Å²) in [7, 11) is 3.09. The lowest BCUT2D eigenvalue weighted by Crippen LogP contribution is -2.30. The minimum absolute atomic E-state index is 0.120. The van der Waals surface area contributed by atoms with Gasteiger partial charge in [0.15, 0.2) is 11.5 Å². The number of carbonyl (C=O) groups is 1. The lowest BCUT2D eigenvalue weighted by molar-refractivity contribution is 0.211. The molecule has 1 aromatic carbocycles. The molecule has 2 rings (SSSR count). The van der Waals surface area contributed by atoms with Crippen molar-refractivity contribution in [1.82, 2.24) is 10.2 Å². The van der Waals surface area contributed by atoms with E-state index in [-0.39, 0.29) is 11.9 Å². The number of hydrogen-bond acceptors (Lipinski definition) is 4. The Balaban J connectivity index is 2.51. The van der Waals surface area contributed by atoms with E-state index in [1.54, 1.807) is 32.4 Å². The second kappa shape index (κ2) is 6.17. The number of nitrogens with one attached hydrogen (secondary N) is 2. The lowest BCUT2D eigenvalue weighted by Gasteiger charge is -2.23. The van der Waals surface area contributed by atoms with Crippen molar-refractivity contribution < 1.29 is 14.3 Å². The number of ether oxygens (including phenoxy) is 2. The van der Waals surface area contributed by atoms with Gasteiger partial charge in [-0.15, -0.1) is 6.58 Å². The van der Waals surface area contributed by atoms with Gasteiger partial charge in [0.25, 0.3) is 0 Å². The number of urea groups is 1. The van der Waals surface area contributed by atoms with Crippen LogP contribution < -0.4 is 14.8 Å². The van der Waals surface area contributed by atoms with Crippen LogP contribution in [-0.4, -0.2) is 37.5 Å². The predicted octanol–water partition coefficient (Wildman–Crippen LogP) is 2.70. The molecule has 1 saturated heterocycles.